The van der Waals surface area contributed by atoms with Crippen LogP contribution < -0.4 is 10.1 Å². The van der Waals surface area contributed by atoms with E-state index in [4.69, 9.17) is 16.3 Å². The molecule has 0 atom stereocenters. The normalized spacial score (nSPS) is 15.8. The van der Waals surface area contributed by atoms with Crippen LogP contribution in [0.2, 0.25) is 5.02 Å². The predicted molar refractivity (Wildman–Crippen MR) is 115 cm³/mol. The Balaban J connectivity index is 1.54. The summed E-state index contributed by atoms with van der Waals surface area (Å²) in [6.45, 7) is 3.14. The van der Waals surface area contributed by atoms with Crippen molar-refractivity contribution in [2.24, 2.45) is 5.92 Å². The van der Waals surface area contributed by atoms with Crippen LogP contribution in [0.15, 0.2) is 48.5 Å². The van der Waals surface area contributed by atoms with E-state index in [1.54, 1.807) is 30.3 Å². The number of rotatable bonds is 7. The Morgan fingerprint density at radius 1 is 1.17 bits per heavy atom. The molecule has 0 spiro atoms. The van der Waals surface area contributed by atoms with Crippen LogP contribution in [0, 0.1) is 5.92 Å². The zero-order valence-corrected chi connectivity index (χ0v) is 17.9. The number of sulfonamides is 1. The van der Waals surface area contributed by atoms with E-state index in [-0.39, 0.29) is 17.6 Å². The first-order valence-electron chi connectivity index (χ1n) is 9.63. The van der Waals surface area contributed by atoms with Crippen molar-refractivity contribution in [2.75, 3.05) is 25.0 Å². The molecule has 29 heavy (non-hydrogen) atoms. The van der Waals surface area contributed by atoms with E-state index < -0.39 is 10.0 Å². The van der Waals surface area contributed by atoms with Gasteiger partial charge in [-0.2, -0.15) is 0 Å². The van der Waals surface area contributed by atoms with Crippen LogP contribution in [0.4, 0.5) is 5.69 Å². The lowest BCUT2D eigenvalue weighted by Gasteiger charge is -2.30. The molecular formula is C21H25ClN2O4S. The molecule has 8 heteroatoms. The third-order valence-corrected chi connectivity index (χ3v) is 7.00. The van der Waals surface area contributed by atoms with Gasteiger partial charge < -0.3 is 10.1 Å². The van der Waals surface area contributed by atoms with Crippen LogP contribution in [-0.4, -0.2) is 38.3 Å². The van der Waals surface area contributed by atoms with Crippen molar-refractivity contribution in [1.82, 2.24) is 4.31 Å². The van der Waals surface area contributed by atoms with Gasteiger partial charge in [0.1, 0.15) is 5.75 Å². The summed E-state index contributed by atoms with van der Waals surface area (Å²) in [6, 6.07) is 14.1. The molecule has 6 nitrogen and oxygen atoms in total. The van der Waals surface area contributed by atoms with Crippen molar-refractivity contribution >= 4 is 33.2 Å². The number of anilines is 1. The van der Waals surface area contributed by atoms with Crippen LogP contribution in [0.3, 0.4) is 0 Å². The van der Waals surface area contributed by atoms with Crippen LogP contribution in [0.25, 0.3) is 0 Å². The number of hydrogen-bond acceptors (Lipinski definition) is 4. The van der Waals surface area contributed by atoms with Crippen LogP contribution in [0.5, 0.6) is 5.75 Å². The maximum absolute atomic E-state index is 12.7. The maximum atomic E-state index is 12.7. The van der Waals surface area contributed by atoms with E-state index in [1.807, 2.05) is 25.1 Å². The summed E-state index contributed by atoms with van der Waals surface area (Å²) in [5.41, 5.74) is 1.38. The molecule has 0 saturated carbocycles. The zero-order valence-electron chi connectivity index (χ0n) is 16.3. The fourth-order valence-electron chi connectivity index (χ4n) is 3.35. The molecule has 1 aliphatic rings. The zero-order chi connectivity index (χ0) is 20.9. The van der Waals surface area contributed by atoms with Gasteiger partial charge in [-0.05, 0) is 49.6 Å². The molecule has 1 heterocycles. The molecular weight excluding hydrogens is 412 g/mol. The highest BCUT2D eigenvalue weighted by atomic mass is 35.5. The number of hydrogen-bond donors (Lipinski definition) is 1. The van der Waals surface area contributed by atoms with Gasteiger partial charge >= 0.3 is 0 Å². The van der Waals surface area contributed by atoms with Gasteiger partial charge in [0, 0.05) is 35.8 Å². The van der Waals surface area contributed by atoms with E-state index in [0.717, 1.165) is 0 Å². The van der Waals surface area contributed by atoms with Crippen molar-refractivity contribution in [1.29, 1.82) is 0 Å². The number of carbonyl (C=O) groups is 1. The molecule has 1 N–H and O–H groups in total. The Hall–Kier alpha value is -2.09. The summed E-state index contributed by atoms with van der Waals surface area (Å²) < 4.78 is 32.3. The number of nitrogens with one attached hydrogen (secondary N) is 1. The third-order valence-electron chi connectivity index (χ3n) is 4.89. The van der Waals surface area contributed by atoms with E-state index >= 15 is 0 Å². The van der Waals surface area contributed by atoms with Crippen molar-refractivity contribution in [2.45, 2.75) is 25.5 Å². The summed E-state index contributed by atoms with van der Waals surface area (Å²) in [5, 5.41) is 3.48. The number of ether oxygens (including phenoxy) is 1. The molecule has 0 unspecified atom stereocenters. The van der Waals surface area contributed by atoms with Gasteiger partial charge in [-0.3, -0.25) is 4.79 Å². The highest BCUT2D eigenvalue weighted by Gasteiger charge is 2.31. The van der Waals surface area contributed by atoms with E-state index in [1.165, 1.54) is 4.31 Å². The summed E-state index contributed by atoms with van der Waals surface area (Å²) in [7, 11) is -3.43. The molecule has 1 aliphatic heterocycles. The summed E-state index contributed by atoms with van der Waals surface area (Å²) in [6.07, 6.45) is 0.994. The molecule has 1 saturated heterocycles. The van der Waals surface area contributed by atoms with Gasteiger partial charge in [-0.1, -0.05) is 29.8 Å². The Morgan fingerprint density at radius 3 is 2.52 bits per heavy atom. The lowest BCUT2D eigenvalue weighted by Crippen LogP contribution is -2.41. The second-order valence-electron chi connectivity index (χ2n) is 7.01. The first-order chi connectivity index (χ1) is 13.9. The highest BCUT2D eigenvalue weighted by Crippen LogP contribution is 2.24. The second kappa shape index (κ2) is 9.61. The molecule has 2 aromatic rings. The molecule has 0 aliphatic carbocycles. The molecule has 0 radical (unpaired) electrons. The minimum atomic E-state index is -3.43. The summed E-state index contributed by atoms with van der Waals surface area (Å²) in [5.74, 6) is 0.333. The largest absolute Gasteiger partial charge is 0.494 e. The van der Waals surface area contributed by atoms with Crippen molar-refractivity contribution in [3.05, 3.63) is 59.1 Å². The predicted octanol–water partition coefficient (Wildman–Crippen LogP) is 3.92. The average Bonchev–Trinajstić information content (AvgIpc) is 2.70. The molecule has 156 valence electrons. The van der Waals surface area contributed by atoms with Gasteiger partial charge in [0.25, 0.3) is 0 Å². The fraction of sp³-hybridized carbons (Fsp3) is 0.381. The van der Waals surface area contributed by atoms with Gasteiger partial charge in [-0.25, -0.2) is 12.7 Å². The number of piperidine rings is 1. The number of benzene rings is 2. The smallest absolute Gasteiger partial charge is 0.227 e. The monoisotopic (exact) mass is 436 g/mol. The topological polar surface area (TPSA) is 75.7 Å². The van der Waals surface area contributed by atoms with Crippen LogP contribution >= 0.6 is 11.6 Å². The van der Waals surface area contributed by atoms with Crippen molar-refractivity contribution < 1.29 is 17.9 Å². The second-order valence-corrected chi connectivity index (χ2v) is 9.41. The minimum absolute atomic E-state index is 0.0642. The molecule has 3 rings (SSSR count). The highest BCUT2D eigenvalue weighted by molar-refractivity contribution is 7.88. The first-order valence-corrected chi connectivity index (χ1v) is 11.6. The van der Waals surface area contributed by atoms with Crippen LogP contribution in [0.1, 0.15) is 25.3 Å². The minimum Gasteiger partial charge on any atom is -0.494 e. The Bertz CT molecular complexity index is 939. The number of halogens is 1. The lowest BCUT2D eigenvalue weighted by atomic mass is 9.97. The number of nitrogens with zero attached hydrogens (tertiary/aromatic N) is 1. The summed E-state index contributed by atoms with van der Waals surface area (Å²) in [4.78, 5) is 12.6. The van der Waals surface area contributed by atoms with E-state index in [9.17, 15) is 13.2 Å². The first kappa shape index (κ1) is 21.6. The average molecular weight is 437 g/mol. The summed E-state index contributed by atoms with van der Waals surface area (Å²) >= 11 is 5.85. The van der Waals surface area contributed by atoms with E-state index in [2.05, 4.69) is 5.32 Å². The molecule has 0 aromatic heterocycles. The standard InChI is InChI=1S/C21H25ClN2O4S/c1-2-28-20-5-3-4-19(14-20)23-21(25)17-10-12-24(13-11-17)29(26,27)15-16-6-8-18(22)9-7-16/h3-9,14,17H,2,10-13,15H2,1H3,(H,23,25). The Labute approximate surface area is 176 Å². The molecule has 1 fully saturated rings. The Kier molecular flexibility index (Phi) is 7.16. The number of amides is 1. The van der Waals surface area contributed by atoms with E-state index in [0.29, 0.717) is 54.6 Å². The lowest BCUT2D eigenvalue weighted by molar-refractivity contribution is -0.120. The number of carbonyl (C=O) groups excluding carboxylic acids is 1. The third kappa shape index (κ3) is 5.95. The van der Waals surface area contributed by atoms with Crippen LogP contribution in [-0.2, 0) is 20.6 Å². The van der Waals surface area contributed by atoms with Gasteiger partial charge in [0.2, 0.25) is 15.9 Å². The fourth-order valence-corrected chi connectivity index (χ4v) is 5.04. The maximum Gasteiger partial charge on any atom is 0.227 e. The van der Waals surface area contributed by atoms with Gasteiger partial charge in [0.15, 0.2) is 0 Å². The van der Waals surface area contributed by atoms with Crippen molar-refractivity contribution in [3.63, 3.8) is 0 Å². The van der Waals surface area contributed by atoms with Gasteiger partial charge in [-0.15, -0.1) is 0 Å². The van der Waals surface area contributed by atoms with Crippen molar-refractivity contribution in [3.8, 4) is 5.75 Å². The molecule has 1 amide bonds. The quantitative estimate of drug-likeness (QED) is 0.713. The van der Waals surface area contributed by atoms with Gasteiger partial charge in [0.05, 0.1) is 12.4 Å². The SMILES string of the molecule is CCOc1cccc(NC(=O)C2CCN(S(=O)(=O)Cc3ccc(Cl)cc3)CC2)c1. The molecule has 2 aromatic carbocycles. The Morgan fingerprint density at radius 2 is 1.86 bits per heavy atom. The molecule has 0 bridgehead atoms.